The van der Waals surface area contributed by atoms with E-state index in [1.54, 1.807) is 0 Å². The van der Waals surface area contributed by atoms with Crippen molar-refractivity contribution in [2.75, 3.05) is 12.0 Å². The Balaban J connectivity index is 2.06. The van der Waals surface area contributed by atoms with Crippen molar-refractivity contribution in [2.45, 2.75) is 97.8 Å². The van der Waals surface area contributed by atoms with Crippen LogP contribution in [0.3, 0.4) is 0 Å². The number of carbonyl (C=O) groups excluding carboxylic acids is 1. The quantitative estimate of drug-likeness (QED) is 0.187. The maximum Gasteiger partial charge on any atom is 0.345 e. The fourth-order valence-electron chi connectivity index (χ4n) is 3.39. The number of ketones is 1. The highest BCUT2D eigenvalue weighted by atomic mass is 32.2. The number of hydrogen-bond acceptors (Lipinski definition) is 0. The second kappa shape index (κ2) is 13.6. The highest BCUT2D eigenvalue weighted by Gasteiger charge is 2.19. The van der Waals surface area contributed by atoms with Crippen LogP contribution in [0.4, 0.5) is 0 Å². The minimum atomic E-state index is 0.312. The van der Waals surface area contributed by atoms with Crippen LogP contribution in [0.15, 0.2) is 23.3 Å². The lowest BCUT2D eigenvalue weighted by atomic mass is 9.99. The van der Waals surface area contributed by atoms with Crippen LogP contribution in [-0.4, -0.2) is 27.5 Å². The maximum atomic E-state index is 9.90. The van der Waals surface area contributed by atoms with Crippen LogP contribution in [-0.2, 0) is 0 Å². The largest absolute Gasteiger partial charge is 0.345 e. The lowest BCUT2D eigenvalue weighted by molar-refractivity contribution is 0.548. The maximum absolute atomic E-state index is 9.90. The van der Waals surface area contributed by atoms with E-state index in [1.807, 2.05) is 13.8 Å². The molecule has 0 saturated heterocycles. The molecule has 1 nitrogen and oxygen atoms in total. The van der Waals surface area contributed by atoms with Gasteiger partial charge in [0.2, 0.25) is 0 Å². The molecule has 1 aliphatic rings. The van der Waals surface area contributed by atoms with Gasteiger partial charge in [-0.3, -0.25) is 4.79 Å². The molecule has 0 fully saturated rings. The molecule has 0 aliphatic heterocycles. The van der Waals surface area contributed by atoms with Gasteiger partial charge in [0.05, 0.1) is 11.1 Å². The first-order valence-electron chi connectivity index (χ1n) is 10.5. The van der Waals surface area contributed by atoms with Gasteiger partial charge in [0.15, 0.2) is 0 Å². The molecule has 0 aromatic rings. The standard InChI is InChI=1S/C23H40OS/c1-5-6-7-8-9-10-11-12-13-14-15-16-17-25(4)22-18-20(2)23(24)21(3)19-22/h18-19H,5-17H2,1-4H3/p+1. The van der Waals surface area contributed by atoms with Crippen molar-refractivity contribution in [2.24, 2.45) is 0 Å². The van der Waals surface area contributed by atoms with Crippen molar-refractivity contribution in [3.63, 3.8) is 0 Å². The summed E-state index contributed by atoms with van der Waals surface area (Å²) in [6.45, 7) is 6.30. The molecule has 0 aromatic carbocycles. The Labute approximate surface area is 159 Å². The van der Waals surface area contributed by atoms with E-state index in [9.17, 15) is 4.79 Å². The molecule has 25 heavy (non-hydrogen) atoms. The van der Waals surface area contributed by atoms with E-state index >= 15 is 0 Å². The Morgan fingerprint density at radius 1 is 0.720 bits per heavy atom. The minimum absolute atomic E-state index is 0.312. The van der Waals surface area contributed by atoms with Crippen molar-refractivity contribution in [1.29, 1.82) is 0 Å². The summed E-state index contributed by atoms with van der Waals surface area (Å²) in [5.74, 6) is 1.76. The summed E-state index contributed by atoms with van der Waals surface area (Å²) in [5, 5.41) is 0. The zero-order valence-electron chi connectivity index (χ0n) is 17.2. The summed E-state index contributed by atoms with van der Waals surface area (Å²) in [5.41, 5.74) is 2.04. The molecule has 2 heteroatoms. The summed E-state index contributed by atoms with van der Waals surface area (Å²) in [6, 6.07) is 0. The fraction of sp³-hybridized carbons (Fsp3) is 0.739. The molecule has 1 N–H and O–H groups in total. The molecule has 144 valence electrons. The molecule has 1 aliphatic carbocycles. The first kappa shape index (κ1) is 22.4. The average molecular weight is 366 g/mol. The molecule has 0 aromatic heterocycles. The third-order valence-electron chi connectivity index (χ3n) is 5.17. The van der Waals surface area contributed by atoms with Crippen LogP contribution in [0.1, 0.15) is 97.8 Å². The SMILES string of the molecule is CCCCCCCCCCCCCCS(C)=C1C=C(C)C(=[OH+])C(C)=C1. The highest BCUT2D eigenvalue weighted by molar-refractivity contribution is 8.15. The Kier molecular flexibility index (Phi) is 12.2. The lowest BCUT2D eigenvalue weighted by Gasteiger charge is -2.11. The number of hydrogen-bond donors (Lipinski definition) is 0. The summed E-state index contributed by atoms with van der Waals surface area (Å²) in [6.07, 6.45) is 23.7. The fourth-order valence-corrected chi connectivity index (χ4v) is 5.02. The number of rotatable bonds is 13. The van der Waals surface area contributed by atoms with E-state index in [1.165, 1.54) is 87.7 Å². The number of allylic oxidation sites excluding steroid dienone is 4. The second-order valence-corrected chi connectivity index (χ2v) is 9.79. The summed E-state index contributed by atoms with van der Waals surface area (Å²) < 4.78 is 0. The molecular formula is C23H41OS+. The Morgan fingerprint density at radius 2 is 1.12 bits per heavy atom. The van der Waals surface area contributed by atoms with Gasteiger partial charge >= 0.3 is 5.78 Å². The summed E-state index contributed by atoms with van der Waals surface area (Å²) in [4.78, 5) is 11.3. The van der Waals surface area contributed by atoms with Crippen LogP contribution < -0.4 is 0 Å². The van der Waals surface area contributed by atoms with Gasteiger partial charge < -0.3 is 0 Å². The molecule has 0 radical (unpaired) electrons. The van der Waals surface area contributed by atoms with Crippen LogP contribution in [0.2, 0.25) is 0 Å². The summed E-state index contributed by atoms with van der Waals surface area (Å²) >= 11 is 0. The molecule has 0 spiro atoms. The predicted octanol–water partition coefficient (Wildman–Crippen LogP) is 7.21. The van der Waals surface area contributed by atoms with Crippen molar-refractivity contribution in [1.82, 2.24) is 0 Å². The van der Waals surface area contributed by atoms with Gasteiger partial charge in [0.25, 0.3) is 0 Å². The molecule has 0 saturated carbocycles. The van der Waals surface area contributed by atoms with Crippen LogP contribution >= 0.6 is 10.5 Å². The third-order valence-corrected chi connectivity index (χ3v) is 7.11. The second-order valence-electron chi connectivity index (χ2n) is 7.64. The highest BCUT2D eigenvalue weighted by Crippen LogP contribution is 2.22. The zero-order valence-corrected chi connectivity index (χ0v) is 18.0. The Morgan fingerprint density at radius 3 is 1.56 bits per heavy atom. The smallest absolute Gasteiger partial charge is 0.273 e. The molecule has 1 rings (SSSR count). The van der Waals surface area contributed by atoms with E-state index < -0.39 is 0 Å². The van der Waals surface area contributed by atoms with Gasteiger partial charge in [-0.25, -0.2) is 0 Å². The van der Waals surface area contributed by atoms with Crippen LogP contribution in [0.5, 0.6) is 0 Å². The van der Waals surface area contributed by atoms with Gasteiger partial charge in [-0.2, -0.15) is 10.5 Å². The summed E-state index contributed by atoms with van der Waals surface area (Å²) in [7, 11) is 0.312. The van der Waals surface area contributed by atoms with Crippen LogP contribution in [0.25, 0.3) is 0 Å². The van der Waals surface area contributed by atoms with Crippen molar-refractivity contribution in [3.8, 4) is 0 Å². The average Bonchev–Trinajstić information content (AvgIpc) is 2.60. The van der Waals surface area contributed by atoms with E-state index in [0.717, 1.165) is 11.1 Å². The zero-order chi connectivity index (χ0) is 18.5. The van der Waals surface area contributed by atoms with E-state index in [4.69, 9.17) is 0 Å². The molecule has 0 amide bonds. The van der Waals surface area contributed by atoms with Gasteiger partial charge in [-0.15, -0.1) is 0 Å². The van der Waals surface area contributed by atoms with Crippen molar-refractivity contribution >= 4 is 21.1 Å². The number of unbranched alkanes of at least 4 members (excludes halogenated alkanes) is 11. The molecular weight excluding hydrogens is 324 g/mol. The van der Waals surface area contributed by atoms with Crippen LogP contribution in [0, 0.1) is 0 Å². The topological polar surface area (TPSA) is 21.4 Å². The van der Waals surface area contributed by atoms with E-state index in [-0.39, 0.29) is 0 Å². The molecule has 0 heterocycles. The molecule has 1 unspecified atom stereocenters. The normalized spacial score (nSPS) is 16.0. The Bertz CT molecular complexity index is 472. The van der Waals surface area contributed by atoms with Gasteiger partial charge in [0.1, 0.15) is 0 Å². The van der Waals surface area contributed by atoms with E-state index in [2.05, 4.69) is 25.3 Å². The first-order chi connectivity index (χ1) is 12.1. The van der Waals surface area contributed by atoms with Crippen molar-refractivity contribution < 1.29 is 4.79 Å². The first-order valence-corrected chi connectivity index (χ1v) is 12.3. The van der Waals surface area contributed by atoms with Gasteiger partial charge in [-0.1, -0.05) is 77.6 Å². The van der Waals surface area contributed by atoms with E-state index in [0.29, 0.717) is 16.3 Å². The third kappa shape index (κ3) is 9.58. The van der Waals surface area contributed by atoms with Gasteiger partial charge in [-0.05, 0) is 49.3 Å². The monoisotopic (exact) mass is 365 g/mol. The predicted molar refractivity (Wildman–Crippen MR) is 119 cm³/mol. The Hall–Kier alpha value is -0.630. The van der Waals surface area contributed by atoms with Gasteiger partial charge in [0, 0.05) is 0 Å². The van der Waals surface area contributed by atoms with Crippen molar-refractivity contribution in [3.05, 3.63) is 23.3 Å². The molecule has 0 bridgehead atoms. The molecule has 1 atom stereocenters. The minimum Gasteiger partial charge on any atom is -0.273 e. The lowest BCUT2D eigenvalue weighted by Crippen LogP contribution is -2.11.